The molecule has 0 saturated heterocycles. The first kappa shape index (κ1) is 19.3. The fraction of sp³-hybridized carbons (Fsp3) is 0.316. The van der Waals surface area contributed by atoms with Crippen LogP contribution >= 0.6 is 0 Å². The summed E-state index contributed by atoms with van der Waals surface area (Å²) in [5, 5.41) is 13.7. The number of nitro groups is 1. The molecule has 2 aromatic rings. The number of methoxy groups -OCH3 is 1. The van der Waals surface area contributed by atoms with Crippen molar-refractivity contribution in [2.45, 2.75) is 13.0 Å². The van der Waals surface area contributed by atoms with Crippen molar-refractivity contribution in [3.8, 4) is 23.0 Å². The molecule has 9 heteroatoms. The van der Waals surface area contributed by atoms with E-state index in [4.69, 9.17) is 18.9 Å². The summed E-state index contributed by atoms with van der Waals surface area (Å²) in [7, 11) is 1.41. The maximum atomic E-state index is 12.2. The number of benzene rings is 2. The molecule has 1 aliphatic heterocycles. The highest BCUT2D eigenvalue weighted by Crippen LogP contribution is 2.33. The van der Waals surface area contributed by atoms with E-state index in [-0.39, 0.29) is 30.0 Å². The number of carbonyl (C=O) groups excluding carboxylic acids is 1. The van der Waals surface area contributed by atoms with Gasteiger partial charge in [0.15, 0.2) is 29.6 Å². The highest BCUT2D eigenvalue weighted by Gasteiger charge is 2.17. The Hall–Kier alpha value is -3.49. The van der Waals surface area contributed by atoms with Crippen LogP contribution in [0.3, 0.4) is 0 Å². The summed E-state index contributed by atoms with van der Waals surface area (Å²) in [5.74, 6) is 1.37. The van der Waals surface area contributed by atoms with Crippen LogP contribution in [0.15, 0.2) is 36.4 Å². The molecule has 2 aromatic carbocycles. The zero-order chi connectivity index (χ0) is 20.1. The van der Waals surface area contributed by atoms with E-state index in [1.165, 1.54) is 25.3 Å². The Morgan fingerprint density at radius 1 is 1.18 bits per heavy atom. The Morgan fingerprint density at radius 2 is 1.93 bits per heavy atom. The van der Waals surface area contributed by atoms with Crippen LogP contribution in [0.5, 0.6) is 23.0 Å². The molecule has 0 bridgehead atoms. The Bertz CT molecular complexity index is 885. The third-order valence-corrected chi connectivity index (χ3v) is 4.16. The van der Waals surface area contributed by atoms with Crippen LogP contribution in [0.4, 0.5) is 5.69 Å². The summed E-state index contributed by atoms with van der Waals surface area (Å²) in [6.07, 6.45) is 0. The summed E-state index contributed by atoms with van der Waals surface area (Å²) < 4.78 is 21.6. The maximum absolute atomic E-state index is 12.2. The largest absolute Gasteiger partial charge is 0.493 e. The molecule has 0 radical (unpaired) electrons. The lowest BCUT2D eigenvalue weighted by molar-refractivity contribution is -0.385. The smallest absolute Gasteiger partial charge is 0.273 e. The first-order chi connectivity index (χ1) is 13.5. The van der Waals surface area contributed by atoms with Crippen LogP contribution < -0.4 is 24.3 Å². The molecule has 0 aromatic heterocycles. The van der Waals surface area contributed by atoms with Crippen molar-refractivity contribution in [3.05, 3.63) is 52.1 Å². The molecule has 1 N–H and O–H groups in total. The standard InChI is InChI=1S/C19H20N2O7/c1-12(13-3-5-16-17(9-13)27-8-7-26-16)20-19(22)11-28-18-10-14(21(23)24)4-6-15(18)25-2/h3-6,9-10,12H,7-8,11H2,1-2H3,(H,20,22)/t12-/m0/s1. The molecule has 3 rings (SSSR count). The lowest BCUT2D eigenvalue weighted by Gasteiger charge is -2.21. The zero-order valence-electron chi connectivity index (χ0n) is 15.5. The zero-order valence-corrected chi connectivity index (χ0v) is 15.5. The van der Waals surface area contributed by atoms with Crippen molar-refractivity contribution < 1.29 is 28.7 Å². The lowest BCUT2D eigenvalue weighted by Crippen LogP contribution is -2.31. The third kappa shape index (κ3) is 4.43. The van der Waals surface area contributed by atoms with Gasteiger partial charge in [-0.1, -0.05) is 6.07 Å². The quantitative estimate of drug-likeness (QED) is 0.573. The third-order valence-electron chi connectivity index (χ3n) is 4.16. The van der Waals surface area contributed by atoms with E-state index in [1.54, 1.807) is 6.07 Å². The summed E-state index contributed by atoms with van der Waals surface area (Å²) in [4.78, 5) is 22.6. The van der Waals surface area contributed by atoms with Crippen LogP contribution in [-0.2, 0) is 4.79 Å². The van der Waals surface area contributed by atoms with E-state index >= 15 is 0 Å². The SMILES string of the molecule is COc1ccc([N+](=O)[O-])cc1OCC(=O)N[C@@H](C)c1ccc2c(c1)OCCO2. The van der Waals surface area contributed by atoms with E-state index in [0.717, 1.165) is 5.56 Å². The molecule has 148 valence electrons. The first-order valence-corrected chi connectivity index (χ1v) is 8.62. The minimum atomic E-state index is -0.545. The molecule has 0 aliphatic carbocycles. The molecule has 1 atom stereocenters. The second-order valence-electron chi connectivity index (χ2n) is 6.07. The number of ether oxygens (including phenoxy) is 4. The Labute approximate surface area is 161 Å². The number of fused-ring (bicyclic) bond motifs is 1. The molecule has 0 spiro atoms. The monoisotopic (exact) mass is 388 g/mol. The van der Waals surface area contributed by atoms with Gasteiger partial charge in [0, 0.05) is 6.07 Å². The van der Waals surface area contributed by atoms with Crippen LogP contribution in [0.2, 0.25) is 0 Å². The average Bonchev–Trinajstić information content (AvgIpc) is 2.71. The van der Waals surface area contributed by atoms with E-state index in [0.29, 0.717) is 30.5 Å². The predicted octanol–water partition coefficient (Wildman–Crippen LogP) is 2.63. The van der Waals surface area contributed by atoms with Gasteiger partial charge in [0.25, 0.3) is 11.6 Å². The van der Waals surface area contributed by atoms with Crippen LogP contribution in [0.1, 0.15) is 18.5 Å². The summed E-state index contributed by atoms with van der Waals surface area (Å²) in [6.45, 7) is 2.51. The molecule has 1 amide bonds. The summed E-state index contributed by atoms with van der Waals surface area (Å²) >= 11 is 0. The normalized spacial score (nSPS) is 13.4. The second kappa shape index (κ2) is 8.47. The lowest BCUT2D eigenvalue weighted by atomic mass is 10.1. The van der Waals surface area contributed by atoms with Crippen molar-refractivity contribution >= 4 is 11.6 Å². The van der Waals surface area contributed by atoms with Crippen LogP contribution in [-0.4, -0.2) is 37.8 Å². The van der Waals surface area contributed by atoms with Gasteiger partial charge in [-0.2, -0.15) is 0 Å². The summed E-state index contributed by atoms with van der Waals surface area (Å²) in [5.41, 5.74) is 0.700. The maximum Gasteiger partial charge on any atom is 0.273 e. The Balaban J connectivity index is 1.61. The number of carbonyl (C=O) groups is 1. The highest BCUT2D eigenvalue weighted by molar-refractivity contribution is 5.78. The highest BCUT2D eigenvalue weighted by atomic mass is 16.6. The van der Waals surface area contributed by atoms with Gasteiger partial charge in [0.1, 0.15) is 13.2 Å². The Morgan fingerprint density at radius 3 is 2.64 bits per heavy atom. The first-order valence-electron chi connectivity index (χ1n) is 8.62. The van der Waals surface area contributed by atoms with E-state index in [9.17, 15) is 14.9 Å². The average molecular weight is 388 g/mol. The van der Waals surface area contributed by atoms with Crippen molar-refractivity contribution in [1.82, 2.24) is 5.32 Å². The molecule has 28 heavy (non-hydrogen) atoms. The topological polar surface area (TPSA) is 109 Å². The van der Waals surface area contributed by atoms with Gasteiger partial charge in [0.05, 0.1) is 24.1 Å². The van der Waals surface area contributed by atoms with Gasteiger partial charge in [-0.25, -0.2) is 0 Å². The van der Waals surface area contributed by atoms with Gasteiger partial charge < -0.3 is 24.3 Å². The minimum Gasteiger partial charge on any atom is -0.493 e. The van der Waals surface area contributed by atoms with Gasteiger partial charge in [-0.3, -0.25) is 14.9 Å². The minimum absolute atomic E-state index is 0.124. The molecular weight excluding hydrogens is 368 g/mol. The fourth-order valence-corrected chi connectivity index (χ4v) is 2.73. The molecule has 1 heterocycles. The number of nitrogens with zero attached hydrogens (tertiary/aromatic N) is 1. The molecule has 0 saturated carbocycles. The number of hydrogen-bond acceptors (Lipinski definition) is 7. The molecule has 0 unspecified atom stereocenters. The Kier molecular flexibility index (Phi) is 5.83. The van der Waals surface area contributed by atoms with Crippen molar-refractivity contribution in [1.29, 1.82) is 0 Å². The van der Waals surface area contributed by atoms with Crippen molar-refractivity contribution in [2.24, 2.45) is 0 Å². The van der Waals surface area contributed by atoms with Crippen LogP contribution in [0, 0.1) is 10.1 Å². The van der Waals surface area contributed by atoms with Crippen molar-refractivity contribution in [3.63, 3.8) is 0 Å². The predicted molar refractivity (Wildman–Crippen MR) is 99.1 cm³/mol. The number of nitrogens with one attached hydrogen (secondary N) is 1. The van der Waals surface area contributed by atoms with Crippen molar-refractivity contribution in [2.75, 3.05) is 26.9 Å². The molecule has 9 nitrogen and oxygen atoms in total. The van der Waals surface area contributed by atoms with E-state index < -0.39 is 4.92 Å². The summed E-state index contributed by atoms with van der Waals surface area (Å²) in [6, 6.07) is 9.12. The van der Waals surface area contributed by atoms with Crippen LogP contribution in [0.25, 0.3) is 0 Å². The molecule has 1 aliphatic rings. The molecule has 0 fully saturated rings. The number of hydrogen-bond donors (Lipinski definition) is 1. The molecular formula is C19H20N2O7. The van der Waals surface area contributed by atoms with E-state index in [1.807, 2.05) is 19.1 Å². The van der Waals surface area contributed by atoms with E-state index in [2.05, 4.69) is 5.32 Å². The second-order valence-corrected chi connectivity index (χ2v) is 6.07. The number of non-ortho nitro benzene ring substituents is 1. The number of rotatable bonds is 7. The van der Waals surface area contributed by atoms with Gasteiger partial charge in [-0.15, -0.1) is 0 Å². The van der Waals surface area contributed by atoms with Gasteiger partial charge >= 0.3 is 0 Å². The number of amides is 1. The van der Waals surface area contributed by atoms with Gasteiger partial charge in [-0.05, 0) is 30.7 Å². The van der Waals surface area contributed by atoms with Gasteiger partial charge in [0.2, 0.25) is 0 Å². The fourth-order valence-electron chi connectivity index (χ4n) is 2.73. The number of nitro benzene ring substituents is 1.